The fourth-order valence-corrected chi connectivity index (χ4v) is 5.07. The number of rotatable bonds is 10. The Labute approximate surface area is 181 Å². The molecule has 1 atom stereocenters. The molecule has 0 aromatic heterocycles. The van der Waals surface area contributed by atoms with Gasteiger partial charge in [0, 0.05) is 6.04 Å². The van der Waals surface area contributed by atoms with Gasteiger partial charge in [-0.1, -0.05) is 0 Å². The number of anilines is 1. The van der Waals surface area contributed by atoms with Crippen LogP contribution in [0.3, 0.4) is 0 Å². The first-order chi connectivity index (χ1) is 14.6. The number of nitrogens with one attached hydrogen (secondary N) is 4. The first kappa shape index (κ1) is 23.0. The Morgan fingerprint density at radius 3 is 2.03 bits per heavy atom. The van der Waals surface area contributed by atoms with E-state index in [0.29, 0.717) is 11.4 Å². The van der Waals surface area contributed by atoms with Gasteiger partial charge in [0.25, 0.3) is 5.91 Å². The lowest BCUT2D eigenvalue weighted by Gasteiger charge is -2.16. The normalized spacial score (nSPS) is 15.2. The lowest BCUT2D eigenvalue weighted by Crippen LogP contribution is -2.46. The molecule has 10 nitrogen and oxygen atoms in total. The number of sulfonamides is 2. The highest BCUT2D eigenvalue weighted by Crippen LogP contribution is 2.22. The molecule has 0 bridgehead atoms. The summed E-state index contributed by atoms with van der Waals surface area (Å²) in [7, 11) is -6.00. The third-order valence-corrected chi connectivity index (χ3v) is 7.58. The molecule has 1 fully saturated rings. The summed E-state index contributed by atoms with van der Waals surface area (Å²) in [6.45, 7) is 1.40. The van der Waals surface area contributed by atoms with Crippen molar-refractivity contribution in [3.63, 3.8) is 0 Å². The van der Waals surface area contributed by atoms with Crippen molar-refractivity contribution in [2.75, 3.05) is 12.5 Å². The Balaban J connectivity index is 1.54. The predicted molar refractivity (Wildman–Crippen MR) is 114 cm³/mol. The Kier molecular flexibility index (Phi) is 6.84. The number of methoxy groups -OCH3 is 1. The number of carbonyl (C=O) groups is 1. The van der Waals surface area contributed by atoms with Crippen LogP contribution in [0.5, 0.6) is 5.75 Å². The van der Waals surface area contributed by atoms with Crippen LogP contribution in [0.1, 0.15) is 19.8 Å². The fourth-order valence-electron chi connectivity index (χ4n) is 2.56. The number of carbonyl (C=O) groups excluding carboxylic acids is 1. The van der Waals surface area contributed by atoms with E-state index in [1.807, 2.05) is 0 Å². The summed E-state index contributed by atoms with van der Waals surface area (Å²) in [4.78, 5) is 12.4. The number of hydrogen-bond acceptors (Lipinski definition) is 7. The van der Waals surface area contributed by atoms with E-state index in [0.717, 1.165) is 12.8 Å². The second-order valence-electron chi connectivity index (χ2n) is 7.05. The van der Waals surface area contributed by atoms with E-state index < -0.39 is 32.0 Å². The van der Waals surface area contributed by atoms with Gasteiger partial charge >= 0.3 is 0 Å². The van der Waals surface area contributed by atoms with E-state index in [4.69, 9.17) is 4.74 Å². The number of hydrazine groups is 1. The molecule has 2 aromatic carbocycles. The molecule has 168 valence electrons. The molecule has 4 N–H and O–H groups in total. The van der Waals surface area contributed by atoms with Crippen LogP contribution >= 0.6 is 0 Å². The number of ether oxygens (including phenoxy) is 1. The van der Waals surface area contributed by atoms with E-state index in [9.17, 15) is 21.6 Å². The summed E-state index contributed by atoms with van der Waals surface area (Å²) in [5, 5.41) is 0. The third-order valence-electron chi connectivity index (χ3n) is 4.49. The topological polar surface area (TPSA) is 143 Å². The van der Waals surface area contributed by atoms with Gasteiger partial charge in [0.2, 0.25) is 20.0 Å². The smallest absolute Gasteiger partial charge is 0.256 e. The minimum atomic E-state index is -3.91. The molecule has 0 saturated heterocycles. The van der Waals surface area contributed by atoms with Crippen LogP contribution < -0.4 is 25.0 Å². The summed E-state index contributed by atoms with van der Waals surface area (Å²) in [5.74, 6) is -0.111. The molecule has 31 heavy (non-hydrogen) atoms. The van der Waals surface area contributed by atoms with Crippen LogP contribution in [0.4, 0.5) is 5.69 Å². The molecular formula is C19H24N4O6S2. The lowest BCUT2D eigenvalue weighted by atomic mass is 10.3. The van der Waals surface area contributed by atoms with E-state index in [-0.39, 0.29) is 15.8 Å². The zero-order valence-electron chi connectivity index (χ0n) is 17.0. The molecular weight excluding hydrogens is 444 g/mol. The van der Waals surface area contributed by atoms with Crippen LogP contribution in [0.15, 0.2) is 58.3 Å². The first-order valence-electron chi connectivity index (χ1n) is 9.45. The molecule has 0 heterocycles. The quantitative estimate of drug-likeness (QED) is 0.380. The van der Waals surface area contributed by atoms with E-state index in [2.05, 4.69) is 20.3 Å². The third kappa shape index (κ3) is 6.17. The molecule has 1 aliphatic carbocycles. The minimum Gasteiger partial charge on any atom is -0.497 e. The average Bonchev–Trinajstić information content (AvgIpc) is 3.55. The molecule has 1 amide bonds. The van der Waals surface area contributed by atoms with Gasteiger partial charge in [0.05, 0.1) is 28.6 Å². The second-order valence-corrected chi connectivity index (χ2v) is 10.5. The molecule has 0 radical (unpaired) electrons. The fraction of sp³-hybridized carbons (Fsp3) is 0.316. The van der Waals surface area contributed by atoms with Crippen LogP contribution in [-0.4, -0.2) is 41.9 Å². The molecule has 1 aliphatic rings. The van der Waals surface area contributed by atoms with Gasteiger partial charge in [0.1, 0.15) is 5.75 Å². The summed E-state index contributed by atoms with van der Waals surface area (Å²) in [6, 6.07) is 10.5. The standard InChI is InChI=1S/C19H24N4O6S2/c1-13(22-30(25,26)18-11-7-16(29-2)8-12-18)19(24)21-20-14-5-9-17(10-6-14)31(27,28)23-15-3-4-15/h5-13,15,20,22-23H,3-4H2,1-2H3,(H,21,24)/t13-/m0/s1. The summed E-state index contributed by atoms with van der Waals surface area (Å²) >= 11 is 0. The van der Waals surface area contributed by atoms with Gasteiger partial charge in [-0.05, 0) is 68.3 Å². The van der Waals surface area contributed by atoms with Gasteiger partial charge in [-0.2, -0.15) is 4.72 Å². The highest BCUT2D eigenvalue weighted by molar-refractivity contribution is 7.89. The maximum atomic E-state index is 12.4. The minimum absolute atomic E-state index is 0.00230. The number of benzene rings is 2. The summed E-state index contributed by atoms with van der Waals surface area (Å²) < 4.78 is 59.0. The van der Waals surface area contributed by atoms with Gasteiger partial charge in [-0.25, -0.2) is 21.6 Å². The molecule has 3 rings (SSSR count). The summed E-state index contributed by atoms with van der Waals surface area (Å²) in [5.41, 5.74) is 5.46. The van der Waals surface area contributed by atoms with Crippen molar-refractivity contribution in [1.29, 1.82) is 0 Å². The van der Waals surface area contributed by atoms with Crippen molar-refractivity contribution in [2.45, 2.75) is 41.6 Å². The Hall–Kier alpha value is -2.67. The zero-order valence-corrected chi connectivity index (χ0v) is 18.6. The van der Waals surface area contributed by atoms with E-state index >= 15 is 0 Å². The number of amides is 1. The monoisotopic (exact) mass is 468 g/mol. The van der Waals surface area contributed by atoms with Gasteiger partial charge in [-0.15, -0.1) is 0 Å². The van der Waals surface area contributed by atoms with Gasteiger partial charge in [0.15, 0.2) is 0 Å². The van der Waals surface area contributed by atoms with Crippen LogP contribution in [0.25, 0.3) is 0 Å². The maximum absolute atomic E-state index is 12.4. The van der Waals surface area contributed by atoms with Gasteiger partial charge < -0.3 is 4.74 Å². The number of hydrogen-bond donors (Lipinski definition) is 4. The molecule has 2 aromatic rings. The predicted octanol–water partition coefficient (Wildman–Crippen LogP) is 0.946. The van der Waals surface area contributed by atoms with Crippen molar-refractivity contribution in [3.05, 3.63) is 48.5 Å². The van der Waals surface area contributed by atoms with Gasteiger partial charge in [-0.3, -0.25) is 15.6 Å². The van der Waals surface area contributed by atoms with Crippen LogP contribution in [-0.2, 0) is 24.8 Å². The van der Waals surface area contributed by atoms with Crippen LogP contribution in [0, 0.1) is 0 Å². The average molecular weight is 469 g/mol. The van der Waals surface area contributed by atoms with Crippen molar-refractivity contribution >= 4 is 31.6 Å². The largest absolute Gasteiger partial charge is 0.497 e. The van der Waals surface area contributed by atoms with Crippen molar-refractivity contribution < 1.29 is 26.4 Å². The zero-order chi connectivity index (χ0) is 22.6. The molecule has 0 spiro atoms. The maximum Gasteiger partial charge on any atom is 0.256 e. The highest BCUT2D eigenvalue weighted by atomic mass is 32.2. The Morgan fingerprint density at radius 1 is 0.935 bits per heavy atom. The Morgan fingerprint density at radius 2 is 1.48 bits per heavy atom. The molecule has 1 saturated carbocycles. The SMILES string of the molecule is COc1ccc(S(=O)(=O)N[C@@H](C)C(=O)NNc2ccc(S(=O)(=O)NC3CC3)cc2)cc1. The van der Waals surface area contributed by atoms with Crippen molar-refractivity contribution in [2.24, 2.45) is 0 Å². The molecule has 12 heteroatoms. The highest BCUT2D eigenvalue weighted by Gasteiger charge is 2.28. The Bertz CT molecular complexity index is 1130. The molecule has 0 aliphatic heterocycles. The van der Waals surface area contributed by atoms with E-state index in [1.54, 1.807) is 0 Å². The van der Waals surface area contributed by atoms with Crippen molar-refractivity contribution in [3.8, 4) is 5.75 Å². The van der Waals surface area contributed by atoms with E-state index in [1.165, 1.54) is 62.6 Å². The van der Waals surface area contributed by atoms with Crippen molar-refractivity contribution in [1.82, 2.24) is 14.9 Å². The molecule has 0 unspecified atom stereocenters. The van der Waals surface area contributed by atoms with Crippen LogP contribution in [0.2, 0.25) is 0 Å². The second kappa shape index (κ2) is 9.22. The first-order valence-corrected chi connectivity index (χ1v) is 12.4. The summed E-state index contributed by atoms with van der Waals surface area (Å²) in [6.07, 6.45) is 1.68. The lowest BCUT2D eigenvalue weighted by molar-refractivity contribution is -0.121.